The maximum Gasteiger partial charge on any atom is 0.389 e. The third kappa shape index (κ3) is 5.72. The number of halogens is 3. The molecule has 5 nitrogen and oxygen atoms in total. The highest BCUT2D eigenvalue weighted by molar-refractivity contribution is 5.84. The summed E-state index contributed by atoms with van der Waals surface area (Å²) in [6.07, 6.45) is -6.58. The number of hydrogen-bond acceptors (Lipinski definition) is 3. The van der Waals surface area contributed by atoms with Gasteiger partial charge in [0.2, 0.25) is 5.91 Å². The number of rotatable bonds is 6. The van der Waals surface area contributed by atoms with E-state index >= 15 is 0 Å². The third-order valence-electron chi connectivity index (χ3n) is 2.64. The molecule has 1 atom stereocenters. The molecule has 1 aromatic carbocycles. The number of carbonyl (C=O) groups is 2. The van der Waals surface area contributed by atoms with Gasteiger partial charge in [0.1, 0.15) is 5.75 Å². The normalized spacial score (nSPS) is 12.6. The topological polar surface area (TPSA) is 75.6 Å². The van der Waals surface area contributed by atoms with E-state index in [1.54, 1.807) is 0 Å². The van der Waals surface area contributed by atoms with E-state index in [0.29, 0.717) is 5.75 Å². The smallest absolute Gasteiger partial charge is 0.389 e. The van der Waals surface area contributed by atoms with Crippen LogP contribution >= 0.6 is 0 Å². The highest BCUT2D eigenvalue weighted by atomic mass is 19.4. The van der Waals surface area contributed by atoms with Gasteiger partial charge < -0.3 is 15.2 Å². The fraction of sp³-hybridized carbons (Fsp3) is 0.385. The Bertz CT molecular complexity index is 499. The summed E-state index contributed by atoms with van der Waals surface area (Å²) in [5.41, 5.74) is 0.239. The van der Waals surface area contributed by atoms with Crippen LogP contribution in [0.25, 0.3) is 0 Å². The number of benzene rings is 1. The van der Waals surface area contributed by atoms with E-state index in [1.165, 1.54) is 31.4 Å². The number of amides is 1. The molecule has 8 heteroatoms. The zero-order chi connectivity index (χ0) is 16.0. The zero-order valence-electron chi connectivity index (χ0n) is 11.1. The molecule has 0 radical (unpaired) electrons. The Morgan fingerprint density at radius 1 is 1.29 bits per heavy atom. The van der Waals surface area contributed by atoms with Gasteiger partial charge in [-0.05, 0) is 17.7 Å². The van der Waals surface area contributed by atoms with Gasteiger partial charge in [0.25, 0.3) is 0 Å². The van der Waals surface area contributed by atoms with E-state index in [0.717, 1.165) is 0 Å². The molecular weight excluding hydrogens is 291 g/mol. The monoisotopic (exact) mass is 305 g/mol. The largest absolute Gasteiger partial charge is 0.497 e. The molecule has 0 spiro atoms. The van der Waals surface area contributed by atoms with Gasteiger partial charge in [-0.2, -0.15) is 13.2 Å². The molecule has 0 fully saturated rings. The fourth-order valence-corrected chi connectivity index (χ4v) is 1.57. The van der Waals surface area contributed by atoms with Gasteiger partial charge in [-0.1, -0.05) is 12.1 Å². The summed E-state index contributed by atoms with van der Waals surface area (Å²) in [4.78, 5) is 22.5. The predicted octanol–water partition coefficient (Wildman–Crippen LogP) is 2.28. The summed E-state index contributed by atoms with van der Waals surface area (Å²) in [6.45, 7) is 0. The van der Waals surface area contributed by atoms with Crippen molar-refractivity contribution < 1.29 is 32.6 Å². The molecule has 21 heavy (non-hydrogen) atoms. The van der Waals surface area contributed by atoms with Crippen LogP contribution in [-0.4, -0.2) is 30.3 Å². The maximum absolute atomic E-state index is 12.0. The molecule has 0 heterocycles. The van der Waals surface area contributed by atoms with E-state index in [9.17, 15) is 22.8 Å². The Morgan fingerprint density at radius 3 is 2.29 bits per heavy atom. The Balaban J connectivity index is 2.73. The van der Waals surface area contributed by atoms with Gasteiger partial charge in [-0.3, -0.25) is 4.79 Å². The number of aliphatic carboxylic acids is 1. The number of carbonyl (C=O) groups excluding carboxylic acids is 1. The number of alkyl halides is 3. The van der Waals surface area contributed by atoms with Crippen molar-refractivity contribution in [3.05, 3.63) is 29.8 Å². The standard InChI is InChI=1S/C13H14F3NO4/c1-21-9-4-2-8(3-5-9)11(12(19)20)17-10(18)6-7-13(14,15)16/h2-5,11H,6-7H2,1H3,(H,17,18)(H,19,20). The fourth-order valence-electron chi connectivity index (χ4n) is 1.57. The minimum Gasteiger partial charge on any atom is -0.497 e. The number of hydrogen-bond donors (Lipinski definition) is 2. The van der Waals surface area contributed by atoms with E-state index in [2.05, 4.69) is 5.32 Å². The highest BCUT2D eigenvalue weighted by Crippen LogP contribution is 2.22. The van der Waals surface area contributed by atoms with E-state index in [4.69, 9.17) is 9.84 Å². The van der Waals surface area contributed by atoms with Crippen molar-refractivity contribution in [2.24, 2.45) is 0 Å². The Morgan fingerprint density at radius 2 is 1.86 bits per heavy atom. The molecule has 1 aromatic rings. The van der Waals surface area contributed by atoms with Crippen molar-refractivity contribution >= 4 is 11.9 Å². The first-order valence-corrected chi connectivity index (χ1v) is 5.96. The zero-order valence-corrected chi connectivity index (χ0v) is 11.1. The molecule has 116 valence electrons. The van der Waals surface area contributed by atoms with Gasteiger partial charge in [0, 0.05) is 6.42 Å². The van der Waals surface area contributed by atoms with Gasteiger partial charge in [0.15, 0.2) is 6.04 Å². The number of methoxy groups -OCH3 is 1. The van der Waals surface area contributed by atoms with Crippen LogP contribution < -0.4 is 10.1 Å². The van der Waals surface area contributed by atoms with Crippen molar-refractivity contribution in [1.29, 1.82) is 0 Å². The first-order chi connectivity index (χ1) is 9.73. The minimum absolute atomic E-state index is 0.239. The summed E-state index contributed by atoms with van der Waals surface area (Å²) in [6, 6.07) is 4.42. The molecule has 1 rings (SSSR count). The molecule has 0 bridgehead atoms. The minimum atomic E-state index is -4.46. The summed E-state index contributed by atoms with van der Waals surface area (Å²) in [7, 11) is 1.43. The predicted molar refractivity (Wildman–Crippen MR) is 66.8 cm³/mol. The van der Waals surface area contributed by atoms with Crippen LogP contribution in [0.5, 0.6) is 5.75 Å². The molecule has 1 amide bonds. The SMILES string of the molecule is COc1ccc(C(NC(=O)CCC(F)(F)F)C(=O)O)cc1. The lowest BCUT2D eigenvalue weighted by Gasteiger charge is -2.15. The van der Waals surface area contributed by atoms with Crippen molar-refractivity contribution in [3.8, 4) is 5.75 Å². The average molecular weight is 305 g/mol. The molecule has 1 unspecified atom stereocenters. The second-order valence-electron chi connectivity index (χ2n) is 4.23. The molecule has 0 saturated carbocycles. The quantitative estimate of drug-likeness (QED) is 0.845. The lowest BCUT2D eigenvalue weighted by atomic mass is 10.1. The third-order valence-corrected chi connectivity index (χ3v) is 2.64. The van der Waals surface area contributed by atoms with Crippen LogP contribution in [0.15, 0.2) is 24.3 Å². The Kier molecular flexibility index (Phi) is 5.57. The highest BCUT2D eigenvalue weighted by Gasteiger charge is 2.29. The van der Waals surface area contributed by atoms with Gasteiger partial charge in [-0.25, -0.2) is 4.79 Å². The van der Waals surface area contributed by atoms with Crippen molar-refractivity contribution in [1.82, 2.24) is 5.32 Å². The van der Waals surface area contributed by atoms with Crippen molar-refractivity contribution in [2.45, 2.75) is 25.1 Å². The van der Waals surface area contributed by atoms with Crippen LogP contribution in [0, 0.1) is 0 Å². The summed E-state index contributed by atoms with van der Waals surface area (Å²) >= 11 is 0. The van der Waals surface area contributed by atoms with Gasteiger partial charge in [-0.15, -0.1) is 0 Å². The van der Waals surface area contributed by atoms with E-state index in [-0.39, 0.29) is 5.56 Å². The van der Waals surface area contributed by atoms with Crippen LogP contribution in [0.3, 0.4) is 0 Å². The Hall–Kier alpha value is -2.25. The molecular formula is C13H14F3NO4. The van der Waals surface area contributed by atoms with Crippen LogP contribution in [0.4, 0.5) is 13.2 Å². The lowest BCUT2D eigenvalue weighted by molar-refractivity contribution is -0.147. The molecule has 0 aliphatic rings. The lowest BCUT2D eigenvalue weighted by Crippen LogP contribution is -2.34. The number of nitrogens with one attached hydrogen (secondary N) is 1. The Labute approximate surface area is 118 Å². The van der Waals surface area contributed by atoms with E-state index in [1.807, 2.05) is 0 Å². The van der Waals surface area contributed by atoms with Crippen LogP contribution in [0.1, 0.15) is 24.4 Å². The average Bonchev–Trinajstić information content (AvgIpc) is 2.41. The van der Waals surface area contributed by atoms with Crippen LogP contribution in [-0.2, 0) is 9.59 Å². The summed E-state index contributed by atoms with van der Waals surface area (Å²) in [5.74, 6) is -1.85. The molecule has 0 aliphatic carbocycles. The second-order valence-corrected chi connectivity index (χ2v) is 4.23. The van der Waals surface area contributed by atoms with Gasteiger partial charge in [0.05, 0.1) is 13.5 Å². The maximum atomic E-state index is 12.0. The summed E-state index contributed by atoms with van der Waals surface area (Å²) < 4.78 is 40.9. The van der Waals surface area contributed by atoms with Crippen molar-refractivity contribution in [2.75, 3.05) is 7.11 Å². The molecule has 0 aromatic heterocycles. The molecule has 0 aliphatic heterocycles. The molecule has 2 N–H and O–H groups in total. The first kappa shape index (κ1) is 16.8. The van der Waals surface area contributed by atoms with Crippen molar-refractivity contribution in [3.63, 3.8) is 0 Å². The van der Waals surface area contributed by atoms with Gasteiger partial charge >= 0.3 is 12.1 Å². The van der Waals surface area contributed by atoms with E-state index < -0.39 is 36.9 Å². The second kappa shape index (κ2) is 6.96. The number of ether oxygens (including phenoxy) is 1. The van der Waals surface area contributed by atoms with Crippen LogP contribution in [0.2, 0.25) is 0 Å². The molecule has 0 saturated heterocycles. The summed E-state index contributed by atoms with van der Waals surface area (Å²) in [5, 5.41) is 11.1. The number of carboxylic acids is 1. The number of carboxylic acid groups (broad SMARTS) is 1. The first-order valence-electron chi connectivity index (χ1n) is 5.96.